The SMILES string of the molecule is Nc1ccc(C(=O)Nc2ccc(S)cc2S(=O)(=O)O)cc1S(=O)(=O)O. The van der Waals surface area contributed by atoms with Crippen LogP contribution in [0.5, 0.6) is 0 Å². The van der Waals surface area contributed by atoms with Crippen LogP contribution in [0.3, 0.4) is 0 Å². The van der Waals surface area contributed by atoms with Crippen LogP contribution < -0.4 is 11.1 Å². The lowest BCUT2D eigenvalue weighted by Gasteiger charge is -2.11. The lowest BCUT2D eigenvalue weighted by molar-refractivity contribution is 0.102. The van der Waals surface area contributed by atoms with Gasteiger partial charge in [0.05, 0.1) is 11.4 Å². The van der Waals surface area contributed by atoms with Crippen molar-refractivity contribution in [2.45, 2.75) is 14.7 Å². The highest BCUT2D eigenvalue weighted by Crippen LogP contribution is 2.26. The molecule has 0 fully saturated rings. The van der Waals surface area contributed by atoms with E-state index in [-0.39, 0.29) is 21.8 Å². The molecule has 0 saturated carbocycles. The number of nitrogens with one attached hydrogen (secondary N) is 1. The van der Waals surface area contributed by atoms with E-state index >= 15 is 0 Å². The van der Waals surface area contributed by atoms with Crippen LogP contribution in [0.2, 0.25) is 0 Å². The second-order valence-electron chi connectivity index (χ2n) is 4.84. The summed E-state index contributed by atoms with van der Waals surface area (Å²) in [6, 6.07) is 6.71. The second-order valence-corrected chi connectivity index (χ2v) is 8.13. The van der Waals surface area contributed by atoms with Gasteiger partial charge >= 0.3 is 0 Å². The third-order valence-corrected chi connectivity index (χ3v) is 5.13. The van der Waals surface area contributed by atoms with Crippen LogP contribution in [-0.2, 0) is 20.2 Å². The molecule has 0 aliphatic carbocycles. The normalized spacial score (nSPS) is 12.0. The van der Waals surface area contributed by atoms with E-state index in [9.17, 15) is 26.2 Å². The molecule has 0 unspecified atom stereocenters. The van der Waals surface area contributed by atoms with Crippen molar-refractivity contribution in [3.63, 3.8) is 0 Å². The Morgan fingerprint density at radius 2 is 1.56 bits per heavy atom. The van der Waals surface area contributed by atoms with E-state index in [1.54, 1.807) is 0 Å². The minimum Gasteiger partial charge on any atom is -0.398 e. The molecule has 5 N–H and O–H groups in total. The molecule has 2 aromatic carbocycles. The molecule has 1 amide bonds. The zero-order valence-corrected chi connectivity index (χ0v) is 14.8. The molecule has 2 rings (SSSR count). The first-order valence-electron chi connectivity index (χ1n) is 6.38. The summed E-state index contributed by atoms with van der Waals surface area (Å²) < 4.78 is 63.6. The van der Waals surface area contributed by atoms with Crippen molar-refractivity contribution in [2.24, 2.45) is 0 Å². The summed E-state index contributed by atoms with van der Waals surface area (Å²) in [5, 5.41) is 2.23. The molecule has 0 atom stereocenters. The number of carbonyl (C=O) groups excluding carboxylic acids is 1. The maximum atomic E-state index is 12.2. The molecule has 0 aliphatic rings. The van der Waals surface area contributed by atoms with Gasteiger partial charge in [-0.1, -0.05) is 0 Å². The second kappa shape index (κ2) is 6.65. The van der Waals surface area contributed by atoms with Gasteiger partial charge in [-0.3, -0.25) is 13.9 Å². The van der Waals surface area contributed by atoms with Gasteiger partial charge in [0, 0.05) is 10.5 Å². The van der Waals surface area contributed by atoms with Gasteiger partial charge in [-0.25, -0.2) is 0 Å². The summed E-state index contributed by atoms with van der Waals surface area (Å²) in [6.07, 6.45) is 0. The van der Waals surface area contributed by atoms with Crippen LogP contribution in [0.1, 0.15) is 10.4 Å². The molecule has 134 valence electrons. The Bertz CT molecular complexity index is 1060. The van der Waals surface area contributed by atoms with Gasteiger partial charge in [0.15, 0.2) is 0 Å². The first-order valence-corrected chi connectivity index (χ1v) is 9.71. The van der Waals surface area contributed by atoms with Crippen molar-refractivity contribution < 1.29 is 30.7 Å². The number of amides is 1. The van der Waals surface area contributed by atoms with Crippen LogP contribution in [-0.4, -0.2) is 31.8 Å². The predicted octanol–water partition coefficient (Wildman–Crippen LogP) is 1.30. The van der Waals surface area contributed by atoms with E-state index in [1.165, 1.54) is 18.2 Å². The van der Waals surface area contributed by atoms with Crippen LogP contribution in [0.15, 0.2) is 51.1 Å². The van der Waals surface area contributed by atoms with Gasteiger partial charge in [0.2, 0.25) is 0 Å². The highest BCUT2D eigenvalue weighted by atomic mass is 32.2. The summed E-state index contributed by atoms with van der Waals surface area (Å²) in [5.41, 5.74) is 4.72. The molecular formula is C13H12N2O7S3. The lowest BCUT2D eigenvalue weighted by Crippen LogP contribution is -2.16. The highest BCUT2D eigenvalue weighted by Gasteiger charge is 2.20. The third-order valence-electron chi connectivity index (χ3n) is 3.04. The number of anilines is 2. The zero-order chi connectivity index (χ0) is 19.0. The van der Waals surface area contributed by atoms with E-state index in [2.05, 4.69) is 17.9 Å². The fraction of sp³-hybridized carbons (Fsp3) is 0. The summed E-state index contributed by atoms with van der Waals surface area (Å²) in [7, 11) is -9.29. The number of nitrogens with two attached hydrogens (primary N) is 1. The van der Waals surface area contributed by atoms with Gasteiger partial charge in [-0.15, -0.1) is 12.6 Å². The minimum atomic E-state index is -4.65. The number of hydrogen-bond acceptors (Lipinski definition) is 7. The van der Waals surface area contributed by atoms with E-state index in [4.69, 9.17) is 10.3 Å². The molecule has 12 heteroatoms. The number of hydrogen-bond donors (Lipinski definition) is 5. The van der Waals surface area contributed by atoms with E-state index in [1.807, 2.05) is 0 Å². The first kappa shape index (κ1) is 19.2. The molecule has 0 saturated heterocycles. The molecule has 9 nitrogen and oxygen atoms in total. The van der Waals surface area contributed by atoms with E-state index in [0.29, 0.717) is 0 Å². The maximum absolute atomic E-state index is 12.2. The molecule has 0 heterocycles. The highest BCUT2D eigenvalue weighted by molar-refractivity contribution is 7.86. The summed E-state index contributed by atoms with van der Waals surface area (Å²) >= 11 is 3.95. The predicted molar refractivity (Wildman–Crippen MR) is 92.1 cm³/mol. The van der Waals surface area contributed by atoms with Gasteiger partial charge in [-0.2, -0.15) is 16.8 Å². The van der Waals surface area contributed by atoms with Crippen LogP contribution in [0, 0.1) is 0 Å². The van der Waals surface area contributed by atoms with Crippen LogP contribution in [0.25, 0.3) is 0 Å². The topological polar surface area (TPSA) is 164 Å². The Morgan fingerprint density at radius 1 is 0.960 bits per heavy atom. The Morgan fingerprint density at radius 3 is 2.12 bits per heavy atom. The molecule has 0 aliphatic heterocycles. The minimum absolute atomic E-state index is 0.210. The summed E-state index contributed by atoms with van der Waals surface area (Å²) in [6.45, 7) is 0. The van der Waals surface area contributed by atoms with Crippen LogP contribution >= 0.6 is 12.6 Å². The van der Waals surface area contributed by atoms with Gasteiger partial charge in [0.1, 0.15) is 9.79 Å². The Labute approximate surface area is 148 Å². The molecule has 0 spiro atoms. The van der Waals surface area contributed by atoms with Crippen molar-refractivity contribution in [3.8, 4) is 0 Å². The van der Waals surface area contributed by atoms with Crippen molar-refractivity contribution in [1.29, 1.82) is 0 Å². The smallest absolute Gasteiger partial charge is 0.296 e. The number of carbonyl (C=O) groups is 1. The van der Waals surface area contributed by atoms with Crippen molar-refractivity contribution in [2.75, 3.05) is 11.1 Å². The number of nitrogen functional groups attached to an aromatic ring is 1. The Hall–Kier alpha value is -2.12. The molecule has 0 bridgehead atoms. The largest absolute Gasteiger partial charge is 0.398 e. The van der Waals surface area contributed by atoms with Crippen LogP contribution in [0.4, 0.5) is 11.4 Å². The van der Waals surface area contributed by atoms with Crippen molar-refractivity contribution >= 4 is 50.1 Å². The Balaban J connectivity index is 2.46. The molecule has 2 aromatic rings. The third kappa shape index (κ3) is 4.49. The maximum Gasteiger partial charge on any atom is 0.296 e. The lowest BCUT2D eigenvalue weighted by atomic mass is 10.2. The molecular weight excluding hydrogens is 392 g/mol. The zero-order valence-electron chi connectivity index (χ0n) is 12.2. The number of rotatable bonds is 4. The summed E-state index contributed by atoms with van der Waals surface area (Å²) in [5.74, 6) is -0.887. The quantitative estimate of drug-likeness (QED) is 0.289. The van der Waals surface area contributed by atoms with Gasteiger partial charge in [-0.05, 0) is 36.4 Å². The molecule has 0 radical (unpaired) electrons. The van der Waals surface area contributed by atoms with Crippen molar-refractivity contribution in [1.82, 2.24) is 0 Å². The number of thiol groups is 1. The fourth-order valence-corrected chi connectivity index (χ4v) is 3.53. The average Bonchev–Trinajstić information content (AvgIpc) is 2.47. The van der Waals surface area contributed by atoms with Gasteiger partial charge in [0.25, 0.3) is 26.1 Å². The number of benzene rings is 2. The average molecular weight is 404 g/mol. The van der Waals surface area contributed by atoms with Gasteiger partial charge < -0.3 is 11.1 Å². The molecule has 25 heavy (non-hydrogen) atoms. The van der Waals surface area contributed by atoms with Crippen molar-refractivity contribution in [3.05, 3.63) is 42.0 Å². The summed E-state index contributed by atoms with van der Waals surface area (Å²) in [4.78, 5) is 11.2. The monoisotopic (exact) mass is 404 g/mol. The first-order chi connectivity index (χ1) is 11.4. The molecule has 0 aromatic heterocycles. The Kier molecular flexibility index (Phi) is 5.11. The fourth-order valence-electron chi connectivity index (χ4n) is 1.92. The van der Waals surface area contributed by atoms with E-state index in [0.717, 1.165) is 18.2 Å². The standard InChI is InChI=1S/C13H12N2O7S3/c14-9-3-1-7(5-11(9)24(17,18)19)13(16)15-10-4-2-8(23)6-12(10)25(20,21)22/h1-6,23H,14H2,(H,15,16)(H,17,18,19)(H,20,21,22). The van der Waals surface area contributed by atoms with E-state index < -0.39 is 35.9 Å².